The lowest BCUT2D eigenvalue weighted by atomic mass is 9.70. The van der Waals surface area contributed by atoms with Gasteiger partial charge in [-0.2, -0.15) is 0 Å². The number of benzene rings is 4. The molecule has 4 aromatic carbocycles. The van der Waals surface area contributed by atoms with Gasteiger partial charge in [-0.15, -0.1) is 0 Å². The number of halogens is 1. The lowest BCUT2D eigenvalue weighted by Gasteiger charge is -2.30. The topological polar surface area (TPSA) is 40.5 Å². The second-order valence-corrected chi connectivity index (χ2v) is 8.53. The fraction of sp³-hybridized carbons (Fsp3) is 0.0400. The summed E-state index contributed by atoms with van der Waals surface area (Å²) in [6.07, 6.45) is 0. The van der Waals surface area contributed by atoms with Gasteiger partial charge in [-0.25, -0.2) is 0 Å². The van der Waals surface area contributed by atoms with Crippen molar-refractivity contribution in [3.63, 3.8) is 0 Å². The van der Waals surface area contributed by atoms with Gasteiger partial charge in [0.15, 0.2) is 0 Å². The Balaban J connectivity index is 1.83. The molecule has 29 heavy (non-hydrogen) atoms. The highest BCUT2D eigenvalue weighted by Crippen LogP contribution is 2.62. The van der Waals surface area contributed by atoms with E-state index in [4.69, 9.17) is 0 Å². The van der Waals surface area contributed by atoms with E-state index in [1.54, 1.807) is 0 Å². The van der Waals surface area contributed by atoms with Crippen molar-refractivity contribution in [3.05, 3.63) is 112 Å². The van der Waals surface area contributed by atoms with Crippen LogP contribution in [0, 0.1) is 0 Å². The minimum absolute atomic E-state index is 0.402. The van der Waals surface area contributed by atoms with E-state index in [1.165, 1.54) is 33.4 Å². The molecule has 0 atom stereocenters. The molecule has 0 heterocycles. The van der Waals surface area contributed by atoms with Crippen molar-refractivity contribution in [3.8, 4) is 22.3 Å². The fourth-order valence-corrected chi connectivity index (χ4v) is 5.87. The van der Waals surface area contributed by atoms with Crippen LogP contribution >= 0.6 is 15.9 Å². The fourth-order valence-electron chi connectivity index (χ4n) is 5.33. The van der Waals surface area contributed by atoms with E-state index < -0.39 is 12.5 Å². The van der Waals surface area contributed by atoms with Crippen LogP contribution in [-0.4, -0.2) is 17.2 Å². The van der Waals surface area contributed by atoms with Crippen LogP contribution in [0.15, 0.2) is 89.4 Å². The van der Waals surface area contributed by atoms with Gasteiger partial charge in [-0.05, 0) is 56.0 Å². The second kappa shape index (κ2) is 5.93. The Bertz CT molecular complexity index is 1270. The number of rotatable bonds is 1. The summed E-state index contributed by atoms with van der Waals surface area (Å²) in [4.78, 5) is 0. The Kier molecular flexibility index (Phi) is 3.52. The van der Waals surface area contributed by atoms with Crippen molar-refractivity contribution in [1.82, 2.24) is 0 Å². The predicted molar refractivity (Wildman–Crippen MR) is 120 cm³/mol. The van der Waals surface area contributed by atoms with Crippen molar-refractivity contribution in [2.45, 2.75) is 5.41 Å². The quantitative estimate of drug-likeness (QED) is 0.372. The first-order chi connectivity index (χ1) is 14.1. The molecule has 2 N–H and O–H groups in total. The molecule has 4 heteroatoms. The molecular formula is C25H16BBrO2. The molecule has 0 aliphatic heterocycles. The molecule has 0 amide bonds. The molecule has 0 unspecified atom stereocenters. The molecule has 2 nitrogen and oxygen atoms in total. The van der Waals surface area contributed by atoms with E-state index in [0.29, 0.717) is 9.94 Å². The van der Waals surface area contributed by atoms with Crippen molar-refractivity contribution in [2.24, 2.45) is 0 Å². The molecule has 0 radical (unpaired) electrons. The number of hydrogen-bond donors (Lipinski definition) is 2. The van der Waals surface area contributed by atoms with Crippen LogP contribution < -0.4 is 5.46 Å². The van der Waals surface area contributed by atoms with Gasteiger partial charge in [0.05, 0.1) is 5.41 Å². The highest BCUT2D eigenvalue weighted by Gasteiger charge is 2.51. The molecule has 138 valence electrons. The van der Waals surface area contributed by atoms with Gasteiger partial charge in [0, 0.05) is 4.47 Å². The predicted octanol–water partition coefficient (Wildman–Crippen LogP) is 4.47. The third kappa shape index (κ3) is 2.04. The lowest BCUT2D eigenvalue weighted by Crippen LogP contribution is -2.32. The summed E-state index contributed by atoms with van der Waals surface area (Å²) in [6, 6.07) is 29.7. The zero-order valence-corrected chi connectivity index (χ0v) is 17.0. The van der Waals surface area contributed by atoms with Crippen LogP contribution in [0.2, 0.25) is 0 Å². The monoisotopic (exact) mass is 438 g/mol. The van der Waals surface area contributed by atoms with E-state index in [1.807, 2.05) is 12.1 Å². The average Bonchev–Trinajstić information content (AvgIpc) is 3.20. The summed E-state index contributed by atoms with van der Waals surface area (Å²) < 4.78 is 0.709. The summed E-state index contributed by atoms with van der Waals surface area (Å²) in [5, 5.41) is 19.8. The third-order valence-corrected chi connectivity index (χ3v) is 7.08. The van der Waals surface area contributed by atoms with Crippen LogP contribution in [0.3, 0.4) is 0 Å². The maximum absolute atomic E-state index is 9.88. The van der Waals surface area contributed by atoms with Gasteiger partial charge in [-0.1, -0.05) is 94.8 Å². The molecule has 0 saturated heterocycles. The Morgan fingerprint density at radius 1 is 0.586 bits per heavy atom. The van der Waals surface area contributed by atoms with E-state index in [9.17, 15) is 10.0 Å². The maximum atomic E-state index is 9.88. The number of fused-ring (bicyclic) bond motifs is 10. The Morgan fingerprint density at radius 2 is 1.03 bits per heavy atom. The largest absolute Gasteiger partial charge is 0.489 e. The molecule has 0 fully saturated rings. The second-order valence-electron chi connectivity index (χ2n) is 7.68. The SMILES string of the molecule is OB(O)c1cc2c(cc1Br)C1(c3ccccc3-c3ccccc31)c1ccccc1-2. The summed E-state index contributed by atoms with van der Waals surface area (Å²) in [5.41, 5.74) is 9.75. The van der Waals surface area contributed by atoms with Crippen LogP contribution in [0.5, 0.6) is 0 Å². The molecule has 0 bridgehead atoms. The van der Waals surface area contributed by atoms with Crippen molar-refractivity contribution >= 4 is 28.5 Å². The summed E-state index contributed by atoms with van der Waals surface area (Å²) >= 11 is 3.59. The highest BCUT2D eigenvalue weighted by molar-refractivity contribution is 9.10. The van der Waals surface area contributed by atoms with Gasteiger partial charge >= 0.3 is 7.12 Å². The zero-order valence-electron chi connectivity index (χ0n) is 15.4. The minimum Gasteiger partial charge on any atom is -0.423 e. The van der Waals surface area contributed by atoms with Crippen LogP contribution in [0.25, 0.3) is 22.3 Å². The van der Waals surface area contributed by atoms with Crippen LogP contribution in [0.4, 0.5) is 0 Å². The summed E-state index contributed by atoms with van der Waals surface area (Å²) in [7, 11) is -1.53. The van der Waals surface area contributed by atoms with Crippen LogP contribution in [0.1, 0.15) is 22.3 Å². The number of hydrogen-bond acceptors (Lipinski definition) is 2. The Labute approximate surface area is 177 Å². The van der Waals surface area contributed by atoms with Gasteiger partial charge in [-0.3, -0.25) is 0 Å². The molecule has 6 rings (SSSR count). The molecule has 0 saturated carbocycles. The first kappa shape index (κ1) is 17.2. The van der Waals surface area contributed by atoms with E-state index in [-0.39, 0.29) is 0 Å². The normalized spacial score (nSPS) is 14.3. The molecule has 2 aliphatic rings. The first-order valence-electron chi connectivity index (χ1n) is 9.63. The van der Waals surface area contributed by atoms with E-state index in [2.05, 4.69) is 88.7 Å². The summed E-state index contributed by atoms with van der Waals surface area (Å²) in [5.74, 6) is 0. The third-order valence-electron chi connectivity index (χ3n) is 6.39. The molecule has 4 aromatic rings. The van der Waals surface area contributed by atoms with Crippen molar-refractivity contribution in [2.75, 3.05) is 0 Å². The molecule has 2 aliphatic carbocycles. The lowest BCUT2D eigenvalue weighted by molar-refractivity contribution is 0.425. The van der Waals surface area contributed by atoms with E-state index >= 15 is 0 Å². The average molecular weight is 439 g/mol. The molecule has 0 aromatic heterocycles. The standard InChI is InChI=1S/C25H16BBrO2/c27-24-14-22-18(13-23(24)26(28)29)17-9-3-6-12-21(17)25(22)19-10-4-1-7-15(19)16-8-2-5-11-20(16)25/h1-14,28-29H. The van der Waals surface area contributed by atoms with Gasteiger partial charge in [0.1, 0.15) is 0 Å². The van der Waals surface area contributed by atoms with Crippen LogP contribution in [-0.2, 0) is 5.41 Å². The summed E-state index contributed by atoms with van der Waals surface area (Å²) in [6.45, 7) is 0. The highest BCUT2D eigenvalue weighted by atomic mass is 79.9. The molecular weight excluding hydrogens is 423 g/mol. The van der Waals surface area contributed by atoms with E-state index in [0.717, 1.165) is 11.1 Å². The smallest absolute Gasteiger partial charge is 0.423 e. The maximum Gasteiger partial charge on any atom is 0.489 e. The minimum atomic E-state index is -1.53. The van der Waals surface area contributed by atoms with Crippen molar-refractivity contribution < 1.29 is 10.0 Å². The Morgan fingerprint density at radius 3 is 1.52 bits per heavy atom. The molecule has 1 spiro atoms. The van der Waals surface area contributed by atoms with Gasteiger partial charge in [0.2, 0.25) is 0 Å². The van der Waals surface area contributed by atoms with Gasteiger partial charge in [0.25, 0.3) is 0 Å². The van der Waals surface area contributed by atoms with Crippen molar-refractivity contribution in [1.29, 1.82) is 0 Å². The zero-order chi connectivity index (χ0) is 19.8. The Hall–Kier alpha value is -2.66. The van der Waals surface area contributed by atoms with Gasteiger partial charge < -0.3 is 10.0 Å². The first-order valence-corrected chi connectivity index (χ1v) is 10.4.